The minimum Gasteiger partial charge on any atom is -0.469 e. The minimum atomic E-state index is -0.201. The van der Waals surface area contributed by atoms with Gasteiger partial charge < -0.3 is 10.5 Å². The first kappa shape index (κ1) is 10.6. The zero-order valence-electron chi connectivity index (χ0n) is 8.54. The highest BCUT2D eigenvalue weighted by Crippen LogP contribution is 2.17. The van der Waals surface area contributed by atoms with Gasteiger partial charge in [0, 0.05) is 12.1 Å². The molecule has 2 N–H and O–H groups in total. The van der Waals surface area contributed by atoms with E-state index in [1.807, 2.05) is 25.1 Å². The maximum Gasteiger partial charge on any atom is 0.305 e. The number of hydrogen-bond donors (Lipinski definition) is 1. The molecule has 0 saturated carbocycles. The number of carbonyl (C=O) groups is 1. The molecule has 0 saturated heterocycles. The minimum absolute atomic E-state index is 0.201. The van der Waals surface area contributed by atoms with Crippen molar-refractivity contribution in [2.24, 2.45) is 0 Å². The Morgan fingerprint density at radius 2 is 2.21 bits per heavy atom. The molecule has 0 bridgehead atoms. The summed E-state index contributed by atoms with van der Waals surface area (Å²) < 4.78 is 4.57. The fourth-order valence-corrected chi connectivity index (χ4v) is 1.40. The number of esters is 1. The Morgan fingerprint density at radius 1 is 1.50 bits per heavy atom. The molecule has 0 aliphatic rings. The van der Waals surface area contributed by atoms with Gasteiger partial charge in [0.05, 0.1) is 7.11 Å². The number of anilines is 1. The number of nitrogens with two attached hydrogens (primary N) is 1. The summed E-state index contributed by atoms with van der Waals surface area (Å²) >= 11 is 0. The second-order valence-electron chi connectivity index (χ2n) is 3.22. The third-order valence-electron chi connectivity index (χ3n) is 2.25. The van der Waals surface area contributed by atoms with Crippen LogP contribution in [-0.2, 0) is 16.0 Å². The second kappa shape index (κ2) is 4.65. The van der Waals surface area contributed by atoms with E-state index in [-0.39, 0.29) is 5.97 Å². The van der Waals surface area contributed by atoms with Crippen molar-refractivity contribution in [3.8, 4) is 0 Å². The van der Waals surface area contributed by atoms with E-state index in [0.29, 0.717) is 12.8 Å². The van der Waals surface area contributed by atoms with Crippen LogP contribution in [0, 0.1) is 6.92 Å². The van der Waals surface area contributed by atoms with Crippen LogP contribution in [0.2, 0.25) is 0 Å². The monoisotopic (exact) mass is 193 g/mol. The smallest absolute Gasteiger partial charge is 0.305 e. The summed E-state index contributed by atoms with van der Waals surface area (Å²) in [6.45, 7) is 1.99. The molecule has 0 unspecified atom stereocenters. The maximum absolute atomic E-state index is 10.9. The Hall–Kier alpha value is -1.51. The molecule has 0 radical (unpaired) electrons. The predicted molar refractivity (Wildman–Crippen MR) is 55.9 cm³/mol. The molecule has 0 aliphatic carbocycles. The van der Waals surface area contributed by atoms with Crippen molar-refractivity contribution in [3.63, 3.8) is 0 Å². The summed E-state index contributed by atoms with van der Waals surface area (Å²) in [6, 6.07) is 5.74. The van der Waals surface area contributed by atoms with Gasteiger partial charge in [-0.1, -0.05) is 12.1 Å². The van der Waals surface area contributed by atoms with E-state index in [1.165, 1.54) is 7.11 Å². The molecule has 3 nitrogen and oxygen atoms in total. The Balaban J connectivity index is 2.71. The summed E-state index contributed by atoms with van der Waals surface area (Å²) in [5.41, 5.74) is 8.70. The fraction of sp³-hybridized carbons (Fsp3) is 0.364. The van der Waals surface area contributed by atoms with Crippen LogP contribution in [0.25, 0.3) is 0 Å². The standard InChI is InChI=1S/C11H15NO2/c1-8-4-3-5-10(12)9(8)6-7-11(13)14-2/h3-5H,6-7,12H2,1-2H3. The largest absolute Gasteiger partial charge is 0.469 e. The van der Waals surface area contributed by atoms with Crippen LogP contribution in [-0.4, -0.2) is 13.1 Å². The van der Waals surface area contributed by atoms with E-state index < -0.39 is 0 Å². The van der Waals surface area contributed by atoms with Crippen LogP contribution >= 0.6 is 0 Å². The number of ether oxygens (including phenoxy) is 1. The lowest BCUT2D eigenvalue weighted by molar-refractivity contribution is -0.140. The molecule has 76 valence electrons. The van der Waals surface area contributed by atoms with Crippen molar-refractivity contribution >= 4 is 11.7 Å². The van der Waals surface area contributed by atoms with Gasteiger partial charge in [0.25, 0.3) is 0 Å². The lowest BCUT2D eigenvalue weighted by atomic mass is 10.0. The zero-order valence-corrected chi connectivity index (χ0v) is 8.54. The molecule has 3 heteroatoms. The number of hydrogen-bond acceptors (Lipinski definition) is 3. The molecule has 14 heavy (non-hydrogen) atoms. The number of aryl methyl sites for hydroxylation is 1. The summed E-state index contributed by atoms with van der Waals surface area (Å²) in [5.74, 6) is -0.201. The lowest BCUT2D eigenvalue weighted by Gasteiger charge is -2.07. The number of rotatable bonds is 3. The van der Waals surface area contributed by atoms with Crippen molar-refractivity contribution in [2.45, 2.75) is 19.8 Å². The van der Waals surface area contributed by atoms with Crippen LogP contribution in [0.4, 0.5) is 5.69 Å². The molecular formula is C11H15NO2. The van der Waals surface area contributed by atoms with Gasteiger partial charge >= 0.3 is 5.97 Å². The summed E-state index contributed by atoms with van der Waals surface area (Å²) in [5, 5.41) is 0. The van der Waals surface area contributed by atoms with E-state index in [0.717, 1.165) is 16.8 Å². The first-order valence-electron chi connectivity index (χ1n) is 4.56. The Morgan fingerprint density at radius 3 is 2.79 bits per heavy atom. The average molecular weight is 193 g/mol. The van der Waals surface area contributed by atoms with Crippen LogP contribution in [0.3, 0.4) is 0 Å². The molecule has 1 rings (SSSR count). The molecule has 0 fully saturated rings. The van der Waals surface area contributed by atoms with E-state index >= 15 is 0 Å². The Bertz CT molecular complexity index is 314. The lowest BCUT2D eigenvalue weighted by Crippen LogP contribution is -2.04. The number of methoxy groups -OCH3 is 1. The van der Waals surface area contributed by atoms with E-state index in [4.69, 9.17) is 5.73 Å². The third kappa shape index (κ3) is 2.49. The summed E-state index contributed by atoms with van der Waals surface area (Å²) in [4.78, 5) is 10.9. The van der Waals surface area contributed by atoms with Gasteiger partial charge in [-0.2, -0.15) is 0 Å². The van der Waals surface area contributed by atoms with Gasteiger partial charge in [0.1, 0.15) is 0 Å². The number of carbonyl (C=O) groups excluding carboxylic acids is 1. The highest BCUT2D eigenvalue weighted by Gasteiger charge is 2.06. The van der Waals surface area contributed by atoms with Gasteiger partial charge in [0.2, 0.25) is 0 Å². The number of benzene rings is 1. The zero-order chi connectivity index (χ0) is 10.6. The van der Waals surface area contributed by atoms with Gasteiger partial charge in [-0.05, 0) is 30.5 Å². The first-order valence-corrected chi connectivity index (χ1v) is 4.56. The molecule has 0 aliphatic heterocycles. The third-order valence-corrected chi connectivity index (χ3v) is 2.25. The summed E-state index contributed by atoms with van der Waals surface area (Å²) in [6.07, 6.45) is 1.02. The van der Waals surface area contributed by atoms with Crippen LogP contribution in [0.5, 0.6) is 0 Å². The molecule has 0 aromatic heterocycles. The topological polar surface area (TPSA) is 52.3 Å². The SMILES string of the molecule is COC(=O)CCc1c(C)cccc1N. The van der Waals surface area contributed by atoms with E-state index in [1.54, 1.807) is 0 Å². The molecular weight excluding hydrogens is 178 g/mol. The number of nitrogen functional groups attached to an aromatic ring is 1. The first-order chi connectivity index (χ1) is 6.65. The highest BCUT2D eigenvalue weighted by molar-refractivity contribution is 5.70. The van der Waals surface area contributed by atoms with Crippen LogP contribution < -0.4 is 5.73 Å². The van der Waals surface area contributed by atoms with Gasteiger partial charge in [-0.15, -0.1) is 0 Å². The molecule has 1 aromatic rings. The predicted octanol–water partition coefficient (Wildman–Crippen LogP) is 1.68. The fourth-order valence-electron chi connectivity index (χ4n) is 1.40. The molecule has 0 heterocycles. The quantitative estimate of drug-likeness (QED) is 0.587. The maximum atomic E-state index is 10.9. The summed E-state index contributed by atoms with van der Waals surface area (Å²) in [7, 11) is 1.39. The van der Waals surface area contributed by atoms with Gasteiger partial charge in [-0.3, -0.25) is 4.79 Å². The Labute approximate surface area is 83.9 Å². The van der Waals surface area contributed by atoms with Crippen LogP contribution in [0.1, 0.15) is 17.5 Å². The second-order valence-corrected chi connectivity index (χ2v) is 3.22. The average Bonchev–Trinajstić information content (AvgIpc) is 2.16. The highest BCUT2D eigenvalue weighted by atomic mass is 16.5. The van der Waals surface area contributed by atoms with E-state index in [2.05, 4.69) is 4.74 Å². The molecule has 0 spiro atoms. The van der Waals surface area contributed by atoms with Crippen molar-refractivity contribution in [2.75, 3.05) is 12.8 Å². The van der Waals surface area contributed by atoms with Crippen molar-refractivity contribution in [1.29, 1.82) is 0 Å². The van der Waals surface area contributed by atoms with Gasteiger partial charge in [0.15, 0.2) is 0 Å². The van der Waals surface area contributed by atoms with Gasteiger partial charge in [-0.25, -0.2) is 0 Å². The Kier molecular flexibility index (Phi) is 3.51. The van der Waals surface area contributed by atoms with Crippen LogP contribution in [0.15, 0.2) is 18.2 Å². The molecule has 1 aromatic carbocycles. The normalized spacial score (nSPS) is 9.86. The van der Waals surface area contributed by atoms with Crippen molar-refractivity contribution < 1.29 is 9.53 Å². The van der Waals surface area contributed by atoms with E-state index in [9.17, 15) is 4.79 Å². The molecule has 0 amide bonds. The van der Waals surface area contributed by atoms with Crippen molar-refractivity contribution in [3.05, 3.63) is 29.3 Å². The van der Waals surface area contributed by atoms with Crippen molar-refractivity contribution in [1.82, 2.24) is 0 Å². The molecule has 0 atom stereocenters.